The molecule has 0 atom stereocenters. The van der Waals surface area contributed by atoms with Gasteiger partial charge in [0, 0.05) is 6.08 Å². The molecule has 26 heavy (non-hydrogen) atoms. The van der Waals surface area contributed by atoms with Crippen LogP contribution in [0.3, 0.4) is 0 Å². The number of benzene rings is 1. The first-order valence-corrected chi connectivity index (χ1v) is 9.12. The molecule has 2 aromatic rings. The minimum atomic E-state index is -0.618. The van der Waals surface area contributed by atoms with Gasteiger partial charge in [-0.3, -0.25) is 4.79 Å². The first kappa shape index (κ1) is 20.0. The number of rotatable bonds is 8. The maximum Gasteiger partial charge on any atom is 0.331 e. The van der Waals surface area contributed by atoms with Crippen molar-refractivity contribution >= 4 is 40.8 Å². The minimum absolute atomic E-state index is 0.0568. The predicted octanol–water partition coefficient (Wildman–Crippen LogP) is 4.64. The largest absolute Gasteiger partial charge is 0.493 e. The first-order valence-electron chi connectivity index (χ1n) is 7.86. The van der Waals surface area contributed by atoms with Crippen molar-refractivity contribution in [1.82, 2.24) is 0 Å². The normalized spacial score (nSPS) is 11.0. The van der Waals surface area contributed by atoms with Crippen molar-refractivity contribution in [2.45, 2.75) is 20.0 Å². The van der Waals surface area contributed by atoms with Crippen molar-refractivity contribution in [1.29, 1.82) is 0 Å². The number of Topliss-reactive ketones (excluding diaryl/α,β-unsaturated/α-hetero) is 1. The van der Waals surface area contributed by atoms with Crippen LogP contribution in [0.15, 0.2) is 35.7 Å². The molecule has 1 heterocycles. The van der Waals surface area contributed by atoms with Crippen LogP contribution in [0.4, 0.5) is 0 Å². The highest BCUT2D eigenvalue weighted by atomic mass is 35.5. The van der Waals surface area contributed by atoms with Crippen molar-refractivity contribution in [2.24, 2.45) is 0 Å². The third-order valence-corrected chi connectivity index (χ3v) is 4.35. The third kappa shape index (κ3) is 5.61. The number of halogens is 1. The zero-order chi connectivity index (χ0) is 19.1. The SMILES string of the molecule is COc1cc(/C=C/C(=O)OCC(=O)c2cccs2)cc(Cl)c1OC(C)C. The Morgan fingerprint density at radius 3 is 2.69 bits per heavy atom. The van der Waals surface area contributed by atoms with Gasteiger partial charge in [0.1, 0.15) is 0 Å². The van der Waals surface area contributed by atoms with Gasteiger partial charge >= 0.3 is 5.97 Å². The molecule has 1 aromatic carbocycles. The van der Waals surface area contributed by atoms with Gasteiger partial charge < -0.3 is 14.2 Å². The molecule has 138 valence electrons. The lowest BCUT2D eigenvalue weighted by atomic mass is 10.2. The molecule has 0 spiro atoms. The Hall–Kier alpha value is -2.31. The first-order chi connectivity index (χ1) is 12.4. The van der Waals surface area contributed by atoms with E-state index in [2.05, 4.69) is 0 Å². The molecule has 0 unspecified atom stereocenters. The molecule has 0 aliphatic carbocycles. The highest BCUT2D eigenvalue weighted by Crippen LogP contribution is 2.37. The fourth-order valence-corrected chi connectivity index (χ4v) is 2.96. The maximum absolute atomic E-state index is 11.8. The molecule has 0 N–H and O–H groups in total. The summed E-state index contributed by atoms with van der Waals surface area (Å²) in [5.74, 6) is 0.0617. The summed E-state index contributed by atoms with van der Waals surface area (Å²) in [4.78, 5) is 24.1. The van der Waals surface area contributed by atoms with Crippen molar-refractivity contribution < 1.29 is 23.8 Å². The van der Waals surface area contributed by atoms with Gasteiger partial charge in [-0.05, 0) is 49.1 Å². The van der Waals surface area contributed by atoms with Crippen molar-refractivity contribution in [3.63, 3.8) is 0 Å². The Labute approximate surface area is 161 Å². The second-order valence-electron chi connectivity index (χ2n) is 5.54. The Bertz CT molecular complexity index is 797. The number of hydrogen-bond donors (Lipinski definition) is 0. The smallest absolute Gasteiger partial charge is 0.331 e. The molecule has 0 saturated carbocycles. The molecule has 0 radical (unpaired) electrons. The second kappa shape index (κ2) is 9.40. The van der Waals surface area contributed by atoms with E-state index in [-0.39, 0.29) is 18.5 Å². The van der Waals surface area contributed by atoms with E-state index in [4.69, 9.17) is 25.8 Å². The van der Waals surface area contributed by atoms with Crippen LogP contribution in [0.25, 0.3) is 6.08 Å². The van der Waals surface area contributed by atoms with E-state index in [0.717, 1.165) is 0 Å². The highest BCUT2D eigenvalue weighted by Gasteiger charge is 2.13. The quantitative estimate of drug-likeness (QED) is 0.371. The van der Waals surface area contributed by atoms with Crippen LogP contribution in [0.2, 0.25) is 5.02 Å². The Balaban J connectivity index is 2.01. The number of thiophene rings is 1. The molecule has 5 nitrogen and oxygen atoms in total. The van der Waals surface area contributed by atoms with Gasteiger partial charge in [0.05, 0.1) is 23.1 Å². The van der Waals surface area contributed by atoms with Gasteiger partial charge in [0.15, 0.2) is 18.1 Å². The summed E-state index contributed by atoms with van der Waals surface area (Å²) >= 11 is 7.54. The van der Waals surface area contributed by atoms with Crippen molar-refractivity contribution in [2.75, 3.05) is 13.7 Å². The van der Waals surface area contributed by atoms with E-state index in [0.29, 0.717) is 27.0 Å². The van der Waals surface area contributed by atoms with Crippen LogP contribution in [-0.4, -0.2) is 31.6 Å². The molecule has 0 aliphatic rings. The van der Waals surface area contributed by atoms with Crippen LogP contribution in [-0.2, 0) is 9.53 Å². The molecule has 0 bridgehead atoms. The van der Waals surface area contributed by atoms with Gasteiger partial charge in [0.2, 0.25) is 5.78 Å². The summed E-state index contributed by atoms with van der Waals surface area (Å²) in [6.45, 7) is 3.48. The van der Waals surface area contributed by atoms with Gasteiger partial charge in [-0.1, -0.05) is 17.7 Å². The molecular formula is C19H19ClO5S. The van der Waals surface area contributed by atoms with E-state index in [9.17, 15) is 9.59 Å². The summed E-state index contributed by atoms with van der Waals surface area (Å²) in [5.41, 5.74) is 0.643. The standard InChI is InChI=1S/C19H19ClO5S/c1-12(2)25-19-14(20)9-13(10-16(19)23-3)6-7-18(22)24-11-15(21)17-5-4-8-26-17/h4-10,12H,11H2,1-3H3/b7-6+. The van der Waals surface area contributed by atoms with Crippen LogP contribution in [0.1, 0.15) is 29.1 Å². The zero-order valence-corrected chi connectivity index (χ0v) is 16.2. The van der Waals surface area contributed by atoms with Crippen LogP contribution in [0, 0.1) is 0 Å². The monoisotopic (exact) mass is 394 g/mol. The number of carbonyl (C=O) groups excluding carboxylic acids is 2. The van der Waals surface area contributed by atoms with E-state index in [1.54, 1.807) is 29.6 Å². The Morgan fingerprint density at radius 1 is 1.31 bits per heavy atom. The van der Waals surface area contributed by atoms with Gasteiger partial charge in [-0.25, -0.2) is 4.79 Å². The number of ether oxygens (including phenoxy) is 3. The summed E-state index contributed by atoms with van der Waals surface area (Å²) in [6.07, 6.45) is 2.71. The highest BCUT2D eigenvalue weighted by molar-refractivity contribution is 7.12. The molecule has 0 saturated heterocycles. The average Bonchev–Trinajstić information content (AvgIpc) is 3.14. The number of ketones is 1. The lowest BCUT2D eigenvalue weighted by Gasteiger charge is -2.15. The van der Waals surface area contributed by atoms with E-state index < -0.39 is 5.97 Å². The Morgan fingerprint density at radius 2 is 2.08 bits per heavy atom. The Kier molecular flexibility index (Phi) is 7.24. The molecule has 0 amide bonds. The number of carbonyl (C=O) groups is 2. The van der Waals surface area contributed by atoms with Crippen LogP contribution in [0.5, 0.6) is 11.5 Å². The van der Waals surface area contributed by atoms with Gasteiger partial charge in [-0.2, -0.15) is 0 Å². The van der Waals surface area contributed by atoms with Gasteiger partial charge in [-0.15, -0.1) is 11.3 Å². The van der Waals surface area contributed by atoms with Crippen molar-refractivity contribution in [3.05, 3.63) is 51.2 Å². The third-order valence-electron chi connectivity index (χ3n) is 3.16. The molecule has 1 aromatic heterocycles. The molecule has 0 fully saturated rings. The molecular weight excluding hydrogens is 376 g/mol. The van der Waals surface area contributed by atoms with Crippen LogP contribution >= 0.6 is 22.9 Å². The lowest BCUT2D eigenvalue weighted by molar-refractivity contribution is -0.136. The van der Waals surface area contributed by atoms with E-state index in [1.165, 1.54) is 30.6 Å². The fraction of sp³-hybridized carbons (Fsp3) is 0.263. The van der Waals surface area contributed by atoms with E-state index in [1.807, 2.05) is 13.8 Å². The van der Waals surface area contributed by atoms with Crippen LogP contribution < -0.4 is 9.47 Å². The van der Waals surface area contributed by atoms with Gasteiger partial charge in [0.25, 0.3) is 0 Å². The maximum atomic E-state index is 11.8. The molecule has 0 aliphatic heterocycles. The van der Waals surface area contributed by atoms with E-state index >= 15 is 0 Å². The minimum Gasteiger partial charge on any atom is -0.493 e. The fourth-order valence-electron chi connectivity index (χ4n) is 2.04. The number of hydrogen-bond acceptors (Lipinski definition) is 6. The predicted molar refractivity (Wildman–Crippen MR) is 102 cm³/mol. The average molecular weight is 395 g/mol. The number of methoxy groups -OCH3 is 1. The number of esters is 1. The second-order valence-corrected chi connectivity index (χ2v) is 6.90. The summed E-state index contributed by atoms with van der Waals surface area (Å²) < 4.78 is 15.9. The lowest BCUT2D eigenvalue weighted by Crippen LogP contribution is -2.11. The summed E-state index contributed by atoms with van der Waals surface area (Å²) in [5, 5.41) is 2.16. The summed E-state index contributed by atoms with van der Waals surface area (Å²) in [6, 6.07) is 6.81. The summed E-state index contributed by atoms with van der Waals surface area (Å²) in [7, 11) is 1.51. The topological polar surface area (TPSA) is 61.8 Å². The molecule has 2 rings (SSSR count). The van der Waals surface area contributed by atoms with Crippen molar-refractivity contribution in [3.8, 4) is 11.5 Å². The zero-order valence-electron chi connectivity index (χ0n) is 14.7. The molecule has 7 heteroatoms.